The number of likely N-dealkylation sites (tertiary alicyclic amines) is 1. The Morgan fingerprint density at radius 2 is 1.97 bits per heavy atom. The summed E-state index contributed by atoms with van der Waals surface area (Å²) < 4.78 is 5.33. The second-order valence-electron chi connectivity index (χ2n) is 8.96. The summed E-state index contributed by atoms with van der Waals surface area (Å²) in [6.07, 6.45) is 11.9. The highest BCUT2D eigenvalue weighted by Gasteiger charge is 2.23. The molecule has 8 nitrogen and oxygen atoms in total. The molecule has 182 valence electrons. The van der Waals surface area contributed by atoms with E-state index in [1.165, 1.54) is 64.6 Å². The lowest BCUT2D eigenvalue weighted by atomic mass is 9.88. The number of pyridine rings is 1. The van der Waals surface area contributed by atoms with Crippen LogP contribution in [0.15, 0.2) is 33.9 Å². The Labute approximate surface area is 214 Å². The third-order valence-corrected chi connectivity index (χ3v) is 6.47. The Kier molecular flexibility index (Phi) is 10.8. The molecule has 33 heavy (non-hydrogen) atoms. The number of rotatable bonds is 8. The van der Waals surface area contributed by atoms with E-state index in [1.54, 1.807) is 6.20 Å². The van der Waals surface area contributed by atoms with E-state index in [9.17, 15) is 0 Å². The van der Waals surface area contributed by atoms with E-state index in [0.717, 1.165) is 18.4 Å². The van der Waals surface area contributed by atoms with Crippen LogP contribution < -0.4 is 10.6 Å². The maximum atomic E-state index is 5.33. The molecular formula is C24H38IN7O. The molecule has 2 aromatic heterocycles. The predicted octanol–water partition coefficient (Wildman–Crippen LogP) is 3.89. The maximum absolute atomic E-state index is 5.33. The minimum absolute atomic E-state index is 0. The fourth-order valence-electron chi connectivity index (χ4n) is 4.72. The van der Waals surface area contributed by atoms with Crippen molar-refractivity contribution in [2.45, 2.75) is 64.3 Å². The zero-order valence-corrected chi connectivity index (χ0v) is 22.0. The van der Waals surface area contributed by atoms with E-state index in [4.69, 9.17) is 9.52 Å². The molecule has 0 unspecified atom stereocenters. The van der Waals surface area contributed by atoms with Gasteiger partial charge < -0.3 is 20.1 Å². The summed E-state index contributed by atoms with van der Waals surface area (Å²) in [6.45, 7) is 7.23. The van der Waals surface area contributed by atoms with Crippen LogP contribution in [0.5, 0.6) is 0 Å². The molecule has 0 amide bonds. The van der Waals surface area contributed by atoms with Crippen LogP contribution in [0.1, 0.15) is 57.7 Å². The first-order valence-electron chi connectivity index (χ1n) is 12.3. The molecule has 0 spiro atoms. The Morgan fingerprint density at radius 1 is 1.15 bits per heavy atom. The predicted molar refractivity (Wildman–Crippen MR) is 142 cm³/mol. The van der Waals surface area contributed by atoms with E-state index in [1.807, 2.05) is 18.2 Å². The molecule has 2 aliphatic rings. The molecule has 1 aliphatic heterocycles. The number of guanidine groups is 1. The first-order valence-corrected chi connectivity index (χ1v) is 12.3. The average molecular weight is 568 g/mol. The van der Waals surface area contributed by atoms with Crippen molar-refractivity contribution >= 4 is 29.9 Å². The molecule has 0 radical (unpaired) electrons. The van der Waals surface area contributed by atoms with Gasteiger partial charge >= 0.3 is 0 Å². The Hall–Kier alpha value is -1.75. The zero-order valence-electron chi connectivity index (χ0n) is 19.7. The van der Waals surface area contributed by atoms with Crippen LogP contribution in [0.3, 0.4) is 0 Å². The number of piperidine rings is 1. The van der Waals surface area contributed by atoms with Gasteiger partial charge in [-0.1, -0.05) is 30.5 Å². The highest BCUT2D eigenvalue weighted by Crippen LogP contribution is 2.25. The number of hydrogen-bond acceptors (Lipinski definition) is 6. The minimum atomic E-state index is 0. The van der Waals surface area contributed by atoms with Gasteiger partial charge in [0, 0.05) is 51.4 Å². The Morgan fingerprint density at radius 3 is 2.70 bits per heavy atom. The average Bonchev–Trinajstić information content (AvgIpc) is 3.31. The summed E-state index contributed by atoms with van der Waals surface area (Å²) >= 11 is 0. The number of nitrogens with zero attached hydrogens (tertiary/aromatic N) is 5. The SMILES string of the molecule is CCNC(=NCCc1noc(-c2ccccn2)n1)NC1CCN(CC2CCCCC2)CC1.I. The first-order chi connectivity index (χ1) is 15.8. The summed E-state index contributed by atoms with van der Waals surface area (Å²) in [5.74, 6) is 2.91. The lowest BCUT2D eigenvalue weighted by Crippen LogP contribution is -2.49. The molecule has 0 atom stereocenters. The molecule has 0 aromatic carbocycles. The van der Waals surface area contributed by atoms with Gasteiger partial charge in [0.2, 0.25) is 0 Å². The van der Waals surface area contributed by atoms with Gasteiger partial charge in [-0.05, 0) is 50.7 Å². The summed E-state index contributed by atoms with van der Waals surface area (Å²) in [7, 11) is 0. The topological polar surface area (TPSA) is 91.5 Å². The molecule has 2 aromatic rings. The van der Waals surface area contributed by atoms with Crippen molar-refractivity contribution in [3.05, 3.63) is 30.2 Å². The molecule has 3 heterocycles. The molecule has 4 rings (SSSR count). The van der Waals surface area contributed by atoms with E-state index < -0.39 is 0 Å². The molecule has 0 bridgehead atoms. The van der Waals surface area contributed by atoms with Crippen molar-refractivity contribution in [2.24, 2.45) is 10.9 Å². The first kappa shape index (κ1) is 25.9. The van der Waals surface area contributed by atoms with E-state index >= 15 is 0 Å². The largest absolute Gasteiger partial charge is 0.357 e. The number of halogens is 1. The number of hydrogen-bond donors (Lipinski definition) is 2. The Balaban J connectivity index is 0.00000306. The summed E-state index contributed by atoms with van der Waals surface area (Å²) in [6, 6.07) is 6.12. The summed E-state index contributed by atoms with van der Waals surface area (Å²) in [4.78, 5) is 16.1. The lowest BCUT2D eigenvalue weighted by Gasteiger charge is -2.36. The van der Waals surface area contributed by atoms with Gasteiger partial charge in [-0.15, -0.1) is 24.0 Å². The molecule has 1 saturated heterocycles. The summed E-state index contributed by atoms with van der Waals surface area (Å²) in [5.41, 5.74) is 0.694. The highest BCUT2D eigenvalue weighted by molar-refractivity contribution is 14.0. The molecule has 1 aliphatic carbocycles. The second-order valence-corrected chi connectivity index (χ2v) is 8.96. The van der Waals surface area contributed by atoms with Gasteiger partial charge in [0.1, 0.15) is 5.69 Å². The minimum Gasteiger partial charge on any atom is -0.357 e. The zero-order chi connectivity index (χ0) is 22.0. The van der Waals surface area contributed by atoms with Gasteiger partial charge in [-0.2, -0.15) is 4.98 Å². The van der Waals surface area contributed by atoms with Gasteiger partial charge in [-0.25, -0.2) is 0 Å². The lowest BCUT2D eigenvalue weighted by molar-refractivity contribution is 0.160. The smallest absolute Gasteiger partial charge is 0.276 e. The molecule has 2 N–H and O–H groups in total. The quantitative estimate of drug-likeness (QED) is 0.284. The van der Waals surface area contributed by atoms with Crippen LogP contribution in [0.25, 0.3) is 11.6 Å². The standard InChI is InChI=1S/C24H37N7O.HI/c1-2-25-24(27-15-11-22-29-23(32-30-22)21-10-6-7-14-26-21)28-20-12-16-31(17-13-20)18-19-8-4-3-5-9-19;/h6-7,10,14,19-20H,2-5,8-9,11-13,15-18H2,1H3,(H2,25,27,28);1H. The number of nitrogens with one attached hydrogen (secondary N) is 2. The second kappa shape index (κ2) is 13.8. The van der Waals surface area contributed by atoms with Gasteiger partial charge in [0.05, 0.1) is 0 Å². The third-order valence-electron chi connectivity index (χ3n) is 6.47. The number of aromatic nitrogens is 3. The Bertz CT molecular complexity index is 830. The van der Waals surface area contributed by atoms with Crippen LogP contribution in [0, 0.1) is 5.92 Å². The van der Waals surface area contributed by atoms with Crippen LogP contribution in [-0.4, -0.2) is 64.7 Å². The van der Waals surface area contributed by atoms with E-state index in [0.29, 0.717) is 36.4 Å². The molecule has 9 heteroatoms. The maximum Gasteiger partial charge on any atom is 0.276 e. The van der Waals surface area contributed by atoms with Crippen molar-refractivity contribution in [3.63, 3.8) is 0 Å². The van der Waals surface area contributed by atoms with Crippen molar-refractivity contribution < 1.29 is 4.52 Å². The highest BCUT2D eigenvalue weighted by atomic mass is 127. The normalized spacial score (nSPS) is 18.6. The molecule has 2 fully saturated rings. The third kappa shape index (κ3) is 8.20. The van der Waals surface area contributed by atoms with Gasteiger partial charge in [0.25, 0.3) is 5.89 Å². The van der Waals surface area contributed by atoms with Crippen molar-refractivity contribution in [3.8, 4) is 11.6 Å². The van der Waals surface area contributed by atoms with E-state index in [-0.39, 0.29) is 24.0 Å². The van der Waals surface area contributed by atoms with Gasteiger partial charge in [0.15, 0.2) is 11.8 Å². The van der Waals surface area contributed by atoms with Gasteiger partial charge in [-0.3, -0.25) is 9.98 Å². The molecule has 1 saturated carbocycles. The van der Waals surface area contributed by atoms with Crippen molar-refractivity contribution in [1.29, 1.82) is 0 Å². The number of aliphatic imine (C=N–C) groups is 1. The fourth-order valence-corrected chi connectivity index (χ4v) is 4.72. The van der Waals surface area contributed by atoms with Crippen LogP contribution >= 0.6 is 24.0 Å². The molecular weight excluding hydrogens is 529 g/mol. The van der Waals surface area contributed by atoms with Crippen molar-refractivity contribution in [1.82, 2.24) is 30.7 Å². The fraction of sp³-hybridized carbons (Fsp3) is 0.667. The van der Waals surface area contributed by atoms with Crippen molar-refractivity contribution in [2.75, 3.05) is 32.7 Å². The van der Waals surface area contributed by atoms with Crippen LogP contribution in [0.4, 0.5) is 0 Å². The monoisotopic (exact) mass is 567 g/mol. The van der Waals surface area contributed by atoms with Crippen LogP contribution in [0.2, 0.25) is 0 Å². The van der Waals surface area contributed by atoms with Crippen LogP contribution in [-0.2, 0) is 6.42 Å². The summed E-state index contributed by atoms with van der Waals surface area (Å²) in [5, 5.41) is 11.1. The van der Waals surface area contributed by atoms with E-state index in [2.05, 4.69) is 37.6 Å².